The van der Waals surface area contributed by atoms with Crippen molar-refractivity contribution < 1.29 is 13.2 Å². The molecule has 0 radical (unpaired) electrons. The highest BCUT2D eigenvalue weighted by molar-refractivity contribution is 7.93. The first-order chi connectivity index (χ1) is 15.2. The number of aromatic nitrogens is 3. The predicted octanol–water partition coefficient (Wildman–Crippen LogP) is 5.32. The third-order valence-corrected chi connectivity index (χ3v) is 6.99. The summed E-state index contributed by atoms with van der Waals surface area (Å²) < 4.78 is 35.5. The van der Waals surface area contributed by atoms with Gasteiger partial charge < -0.3 is 4.74 Å². The largest absolute Gasteiger partial charge is 0.436 e. The number of sulfonamides is 1. The van der Waals surface area contributed by atoms with Gasteiger partial charge in [0, 0.05) is 18.3 Å². The van der Waals surface area contributed by atoms with E-state index in [1.54, 1.807) is 30.1 Å². The minimum Gasteiger partial charge on any atom is -0.436 e. The van der Waals surface area contributed by atoms with Crippen LogP contribution in [0, 0.1) is 11.3 Å². The highest BCUT2D eigenvalue weighted by atomic mass is 35.5. The summed E-state index contributed by atoms with van der Waals surface area (Å²) in [4.78, 5) is 3.76. The van der Waals surface area contributed by atoms with E-state index in [0.717, 1.165) is 16.9 Å². The molecule has 1 N–H and O–H groups in total. The number of anilines is 1. The Morgan fingerprint density at radius 1 is 1.19 bits per heavy atom. The highest BCUT2D eigenvalue weighted by Crippen LogP contribution is 2.35. The Hall–Kier alpha value is -3.10. The van der Waals surface area contributed by atoms with E-state index in [2.05, 4.69) is 14.8 Å². The topological polar surface area (TPSA) is 110 Å². The Morgan fingerprint density at radius 2 is 1.94 bits per heavy atom. The van der Waals surface area contributed by atoms with Crippen molar-refractivity contribution in [1.29, 1.82) is 5.26 Å². The van der Waals surface area contributed by atoms with Crippen LogP contribution in [0.1, 0.15) is 5.56 Å². The molecule has 4 rings (SSSR count). The van der Waals surface area contributed by atoms with Gasteiger partial charge >= 0.3 is 0 Å². The smallest absolute Gasteiger partial charge is 0.263 e. The van der Waals surface area contributed by atoms with Crippen LogP contribution < -0.4 is 9.46 Å². The van der Waals surface area contributed by atoms with Crippen LogP contribution in [0.3, 0.4) is 0 Å². The fourth-order valence-corrected chi connectivity index (χ4v) is 5.01. The lowest BCUT2D eigenvalue weighted by atomic mass is 10.1. The summed E-state index contributed by atoms with van der Waals surface area (Å²) in [5.41, 5.74) is 1.53. The second-order valence-corrected chi connectivity index (χ2v) is 10.3. The van der Waals surface area contributed by atoms with Gasteiger partial charge in [0.15, 0.2) is 5.13 Å². The summed E-state index contributed by atoms with van der Waals surface area (Å²) in [5, 5.41) is 14.6. The number of rotatable bonds is 6. The van der Waals surface area contributed by atoms with Crippen molar-refractivity contribution in [3.05, 3.63) is 69.8 Å². The number of nitrogens with one attached hydrogen (secondary N) is 1. The number of aryl methyl sites for hydroxylation is 1. The molecule has 0 saturated heterocycles. The molecule has 2 heterocycles. The van der Waals surface area contributed by atoms with Crippen molar-refractivity contribution in [3.8, 4) is 28.8 Å². The number of ether oxygens (including phenoxy) is 1. The average molecular weight is 506 g/mol. The summed E-state index contributed by atoms with van der Waals surface area (Å²) in [6, 6.07) is 13.1. The number of hydrogen-bond donors (Lipinski definition) is 1. The Kier molecular flexibility index (Phi) is 6.08. The second kappa shape index (κ2) is 8.80. The third-order valence-electron chi connectivity index (χ3n) is 4.24. The minimum absolute atomic E-state index is 0.0257. The van der Waals surface area contributed by atoms with Crippen molar-refractivity contribution in [2.45, 2.75) is 4.90 Å². The van der Waals surface area contributed by atoms with Crippen molar-refractivity contribution in [2.75, 3.05) is 4.72 Å². The van der Waals surface area contributed by atoms with Crippen LogP contribution in [-0.4, -0.2) is 23.2 Å². The van der Waals surface area contributed by atoms with Crippen molar-refractivity contribution in [3.63, 3.8) is 0 Å². The van der Waals surface area contributed by atoms with Crippen LogP contribution >= 0.6 is 34.5 Å². The molecule has 162 valence electrons. The summed E-state index contributed by atoms with van der Waals surface area (Å²) in [6.07, 6.45) is 3.11. The van der Waals surface area contributed by atoms with Gasteiger partial charge in [0.1, 0.15) is 16.2 Å². The van der Waals surface area contributed by atoms with Crippen molar-refractivity contribution in [2.24, 2.45) is 7.05 Å². The van der Waals surface area contributed by atoms with Crippen LogP contribution in [0.5, 0.6) is 11.6 Å². The van der Waals surface area contributed by atoms with Crippen LogP contribution in [-0.2, 0) is 17.1 Å². The Bertz CT molecular complexity index is 1440. The van der Waals surface area contributed by atoms with Gasteiger partial charge in [-0.25, -0.2) is 13.4 Å². The molecule has 0 saturated carbocycles. The Labute approximate surface area is 197 Å². The molecule has 0 fully saturated rings. The van der Waals surface area contributed by atoms with Crippen LogP contribution in [0.15, 0.2) is 59.8 Å². The van der Waals surface area contributed by atoms with E-state index in [-0.39, 0.29) is 27.2 Å². The summed E-state index contributed by atoms with van der Waals surface area (Å²) in [5.74, 6) is 0.426. The van der Waals surface area contributed by atoms with E-state index in [0.29, 0.717) is 14.9 Å². The van der Waals surface area contributed by atoms with Gasteiger partial charge in [-0.2, -0.15) is 5.26 Å². The monoisotopic (exact) mass is 505 g/mol. The van der Waals surface area contributed by atoms with Crippen LogP contribution in [0.4, 0.5) is 5.13 Å². The molecule has 4 aromatic rings. The van der Waals surface area contributed by atoms with E-state index < -0.39 is 10.0 Å². The first-order valence-electron chi connectivity index (χ1n) is 8.91. The molecule has 0 amide bonds. The molecule has 0 bridgehead atoms. The Balaban J connectivity index is 1.65. The number of hydrogen-bond acceptors (Lipinski definition) is 7. The fraction of sp³-hybridized carbons (Fsp3) is 0.0500. The maximum Gasteiger partial charge on any atom is 0.263 e. The number of nitriles is 1. The molecule has 8 nitrogen and oxygen atoms in total. The van der Waals surface area contributed by atoms with Gasteiger partial charge in [-0.15, -0.1) is 5.10 Å². The number of halogens is 2. The number of benzene rings is 2. The summed E-state index contributed by atoms with van der Waals surface area (Å²) in [7, 11) is -2.23. The molecular weight excluding hydrogens is 493 g/mol. The lowest BCUT2D eigenvalue weighted by Crippen LogP contribution is -2.13. The van der Waals surface area contributed by atoms with Crippen LogP contribution in [0.25, 0.3) is 11.1 Å². The zero-order valence-electron chi connectivity index (χ0n) is 16.3. The average Bonchev–Trinajstić information content (AvgIpc) is 3.33. The Morgan fingerprint density at radius 3 is 2.59 bits per heavy atom. The maximum atomic E-state index is 12.7. The van der Waals surface area contributed by atoms with E-state index in [4.69, 9.17) is 27.9 Å². The molecule has 0 spiro atoms. The normalized spacial score (nSPS) is 11.2. The zero-order valence-corrected chi connectivity index (χ0v) is 19.4. The van der Waals surface area contributed by atoms with E-state index in [1.165, 1.54) is 24.4 Å². The molecular formula is C20H13Cl2N5O3S2. The third kappa shape index (κ3) is 4.71. The van der Waals surface area contributed by atoms with Gasteiger partial charge in [0.25, 0.3) is 10.0 Å². The summed E-state index contributed by atoms with van der Waals surface area (Å²) >= 11 is 12.7. The quantitative estimate of drug-likeness (QED) is 0.379. The molecule has 0 aliphatic heterocycles. The molecule has 0 atom stereocenters. The minimum atomic E-state index is -3.97. The lowest BCUT2D eigenvalue weighted by Gasteiger charge is -2.10. The molecule has 32 heavy (non-hydrogen) atoms. The predicted molar refractivity (Wildman–Crippen MR) is 123 cm³/mol. The fourth-order valence-electron chi connectivity index (χ4n) is 2.80. The molecule has 0 unspecified atom stereocenters. The SMILES string of the molecule is Cn1cc(-c2ccc(Cl)cc2)c(Oc2ccc(S(=O)(=O)Nc3ncc(Cl)s3)cc2C#N)n1. The number of thiazole rings is 1. The molecule has 0 aliphatic carbocycles. The number of nitrogens with zero attached hydrogens (tertiary/aromatic N) is 4. The summed E-state index contributed by atoms with van der Waals surface area (Å²) in [6.45, 7) is 0. The molecule has 0 aliphatic rings. The van der Waals surface area contributed by atoms with Gasteiger partial charge in [-0.1, -0.05) is 46.7 Å². The van der Waals surface area contributed by atoms with Crippen molar-refractivity contribution in [1.82, 2.24) is 14.8 Å². The van der Waals surface area contributed by atoms with Crippen molar-refractivity contribution >= 4 is 49.7 Å². The molecule has 2 aromatic carbocycles. The second-order valence-electron chi connectivity index (χ2n) is 6.48. The molecule has 2 aromatic heterocycles. The van der Waals surface area contributed by atoms with Gasteiger partial charge in [0.2, 0.25) is 5.88 Å². The highest BCUT2D eigenvalue weighted by Gasteiger charge is 2.20. The van der Waals surface area contributed by atoms with Gasteiger partial charge in [0.05, 0.1) is 22.2 Å². The van der Waals surface area contributed by atoms with Gasteiger partial charge in [-0.05, 0) is 35.9 Å². The standard InChI is InChI=1S/C20H13Cl2N5O3S2/c1-27-11-16(12-2-4-14(21)5-3-12)19(25-27)30-17-7-6-15(8-13(17)9-23)32(28,29)26-20-24-10-18(22)31-20/h2-8,10-11H,1H3,(H,24,26). The van der Waals surface area contributed by atoms with E-state index >= 15 is 0 Å². The van der Waals surface area contributed by atoms with Gasteiger partial charge in [-0.3, -0.25) is 9.40 Å². The van der Waals surface area contributed by atoms with E-state index in [9.17, 15) is 13.7 Å². The van der Waals surface area contributed by atoms with Crippen LogP contribution in [0.2, 0.25) is 9.36 Å². The zero-order chi connectivity index (χ0) is 22.9. The maximum absolute atomic E-state index is 12.7. The molecule has 12 heteroatoms. The lowest BCUT2D eigenvalue weighted by molar-refractivity contribution is 0.453. The first kappa shape index (κ1) is 22.1. The van der Waals surface area contributed by atoms with E-state index in [1.807, 2.05) is 18.2 Å². The first-order valence-corrected chi connectivity index (χ1v) is 12.0.